The number of nitrogens with one attached hydrogen (secondary N) is 3. The van der Waals surface area contributed by atoms with Crippen LogP contribution in [0.3, 0.4) is 0 Å². The molecule has 0 bridgehead atoms. The van der Waals surface area contributed by atoms with Crippen LogP contribution in [0.4, 0.5) is 17.3 Å². The lowest BCUT2D eigenvalue weighted by molar-refractivity contribution is 0.374. The Morgan fingerprint density at radius 3 is 2.33 bits per heavy atom. The monoisotopic (exact) mass is 553 g/mol. The Morgan fingerprint density at radius 2 is 1.74 bits per heavy atom. The largest absolute Gasteiger partial charge is 0.495 e. The van der Waals surface area contributed by atoms with E-state index < -0.39 is 10.0 Å². The molecule has 14 heteroatoms. The molecule has 39 heavy (non-hydrogen) atoms. The van der Waals surface area contributed by atoms with Gasteiger partial charge in [0.2, 0.25) is 0 Å². The second kappa shape index (κ2) is 10.2. The molecule has 0 radical (unpaired) electrons. The summed E-state index contributed by atoms with van der Waals surface area (Å²) in [4.78, 5) is -0.195. The fraction of sp³-hybridized carbons (Fsp3) is 0.240. The van der Waals surface area contributed by atoms with Crippen LogP contribution in [0, 0.1) is 0 Å². The van der Waals surface area contributed by atoms with Crippen LogP contribution in [0.15, 0.2) is 52.0 Å². The lowest BCUT2D eigenvalue weighted by Gasteiger charge is -2.15. The normalized spacial score (nSPS) is 11.5. The van der Waals surface area contributed by atoms with E-state index in [1.54, 1.807) is 48.3 Å². The van der Waals surface area contributed by atoms with Crippen LogP contribution in [0.2, 0.25) is 0 Å². The molecule has 0 aliphatic rings. The molecule has 13 nitrogen and oxygen atoms in total. The Balaban J connectivity index is 1.51. The van der Waals surface area contributed by atoms with E-state index in [9.17, 15) is 8.42 Å². The zero-order chi connectivity index (χ0) is 27.7. The second-order valence-corrected chi connectivity index (χ2v) is 10.1. The number of sulfonamides is 1. The minimum Gasteiger partial charge on any atom is -0.495 e. The summed E-state index contributed by atoms with van der Waals surface area (Å²) in [5, 5.41) is 19.0. The lowest BCUT2D eigenvalue weighted by Crippen LogP contribution is -2.16. The number of methoxy groups -OCH3 is 3. The minimum atomic E-state index is -4.25. The summed E-state index contributed by atoms with van der Waals surface area (Å²) in [5.41, 5.74) is 3.06. The van der Waals surface area contributed by atoms with Gasteiger partial charge in [-0.15, -0.1) is 0 Å². The predicted octanol–water partition coefficient (Wildman–Crippen LogP) is 4.08. The molecule has 3 N–H and O–H groups in total. The van der Waals surface area contributed by atoms with Crippen molar-refractivity contribution < 1.29 is 27.2 Å². The Morgan fingerprint density at radius 1 is 1.03 bits per heavy atom. The van der Waals surface area contributed by atoms with E-state index in [2.05, 4.69) is 30.5 Å². The van der Waals surface area contributed by atoms with Crippen molar-refractivity contribution in [2.75, 3.05) is 31.4 Å². The van der Waals surface area contributed by atoms with E-state index in [4.69, 9.17) is 18.7 Å². The number of benzene rings is 2. The van der Waals surface area contributed by atoms with Gasteiger partial charge in [0.1, 0.15) is 23.1 Å². The number of nitrogens with zero attached hydrogens (tertiary/aromatic N) is 4. The van der Waals surface area contributed by atoms with E-state index in [-0.39, 0.29) is 22.2 Å². The molecule has 0 fully saturated rings. The molecule has 0 atom stereocenters. The van der Waals surface area contributed by atoms with Gasteiger partial charge in [-0.25, -0.2) is 8.42 Å². The third-order valence-electron chi connectivity index (χ3n) is 6.02. The molecule has 0 saturated heterocycles. The van der Waals surface area contributed by atoms with Crippen LogP contribution in [0.25, 0.3) is 22.2 Å². The van der Waals surface area contributed by atoms with Gasteiger partial charge in [-0.3, -0.25) is 14.5 Å². The first-order chi connectivity index (χ1) is 18.8. The number of H-pyrrole nitrogens is 1. The lowest BCUT2D eigenvalue weighted by atomic mass is 10.1. The van der Waals surface area contributed by atoms with Gasteiger partial charge in [0.05, 0.1) is 43.8 Å². The Hall–Kier alpha value is -4.72. The Bertz CT molecular complexity index is 1730. The smallest absolute Gasteiger partial charge is 0.270 e. The maximum absolute atomic E-state index is 13.6. The number of ether oxygens (including phenoxy) is 3. The molecule has 5 aromatic rings. The molecule has 2 aromatic carbocycles. The van der Waals surface area contributed by atoms with Crippen molar-refractivity contribution in [1.82, 2.24) is 25.1 Å². The summed E-state index contributed by atoms with van der Waals surface area (Å²) in [7, 11) is 1.80. The van der Waals surface area contributed by atoms with Crippen molar-refractivity contribution >= 4 is 38.3 Å². The molecule has 0 aliphatic heterocycles. The molecule has 3 heterocycles. The van der Waals surface area contributed by atoms with Crippen molar-refractivity contribution in [3.8, 4) is 28.5 Å². The first-order valence-electron chi connectivity index (χ1n) is 11.8. The summed E-state index contributed by atoms with van der Waals surface area (Å²) >= 11 is 0. The van der Waals surface area contributed by atoms with E-state index in [1.807, 2.05) is 13.0 Å². The third kappa shape index (κ3) is 4.93. The van der Waals surface area contributed by atoms with Crippen molar-refractivity contribution in [2.45, 2.75) is 18.2 Å². The van der Waals surface area contributed by atoms with Crippen molar-refractivity contribution in [1.29, 1.82) is 0 Å². The maximum atomic E-state index is 13.6. The van der Waals surface area contributed by atoms with Crippen LogP contribution in [0.1, 0.15) is 12.6 Å². The average molecular weight is 554 g/mol. The molecule has 0 amide bonds. The van der Waals surface area contributed by atoms with Crippen LogP contribution >= 0.6 is 0 Å². The van der Waals surface area contributed by atoms with E-state index in [1.165, 1.54) is 21.3 Å². The quantitative estimate of drug-likeness (QED) is 0.230. The number of aryl methyl sites for hydroxylation is 2. The standard InChI is InChI=1S/C25H27N7O6S/c1-6-15-11-23(28-27-15)26-18-13-19-16(12-20(18)35-3)25(30-38-19)31-39(33,34)24-21(36-4)9-14(10-22(24)37-5)17-7-8-32(2)29-17/h7-13H,6H2,1-5H3,(H,30,31)(H2,26,27,28). The van der Waals surface area contributed by atoms with Crippen LogP contribution in [-0.4, -0.2) is 54.9 Å². The number of hydrogen-bond donors (Lipinski definition) is 3. The summed E-state index contributed by atoms with van der Waals surface area (Å²) in [6.45, 7) is 2.00. The van der Waals surface area contributed by atoms with Gasteiger partial charge in [-0.2, -0.15) is 10.2 Å². The second-order valence-electron chi connectivity index (χ2n) is 8.52. The molecule has 204 valence electrons. The summed E-state index contributed by atoms with van der Waals surface area (Å²) in [6, 6.07) is 10.1. The van der Waals surface area contributed by atoms with Gasteiger partial charge in [0, 0.05) is 30.9 Å². The molecular weight excluding hydrogens is 526 g/mol. The number of aromatic amines is 1. The fourth-order valence-electron chi connectivity index (χ4n) is 4.10. The van der Waals surface area contributed by atoms with Crippen LogP contribution in [-0.2, 0) is 23.5 Å². The molecule has 0 saturated carbocycles. The molecule has 0 unspecified atom stereocenters. The van der Waals surface area contributed by atoms with Crippen molar-refractivity contribution in [2.24, 2.45) is 7.05 Å². The SMILES string of the molecule is CCc1cc(Nc2cc3onc(NS(=O)(=O)c4c(OC)cc(-c5ccn(C)n5)cc4OC)c3cc2OC)[nH]n1. The topological polar surface area (TPSA) is 158 Å². The van der Waals surface area contributed by atoms with Gasteiger partial charge in [0.25, 0.3) is 10.0 Å². The van der Waals surface area contributed by atoms with E-state index in [0.29, 0.717) is 39.5 Å². The molecule has 3 aromatic heterocycles. The number of anilines is 3. The third-order valence-corrected chi connectivity index (χ3v) is 7.43. The Kier molecular flexibility index (Phi) is 6.78. The highest BCUT2D eigenvalue weighted by Crippen LogP contribution is 2.40. The number of hydrogen-bond acceptors (Lipinski definition) is 10. The highest BCUT2D eigenvalue weighted by atomic mass is 32.2. The average Bonchev–Trinajstić information content (AvgIpc) is 3.67. The highest BCUT2D eigenvalue weighted by molar-refractivity contribution is 7.93. The first kappa shape index (κ1) is 25.9. The molecule has 0 spiro atoms. The first-order valence-corrected chi connectivity index (χ1v) is 13.3. The van der Waals surface area contributed by atoms with Gasteiger partial charge >= 0.3 is 0 Å². The molecule has 5 rings (SSSR count). The van der Waals surface area contributed by atoms with E-state index in [0.717, 1.165) is 12.1 Å². The van der Waals surface area contributed by atoms with Gasteiger partial charge in [-0.1, -0.05) is 12.1 Å². The summed E-state index contributed by atoms with van der Waals surface area (Å²) in [5.74, 6) is 1.23. The highest BCUT2D eigenvalue weighted by Gasteiger charge is 2.29. The number of aromatic nitrogens is 5. The number of rotatable bonds is 10. The molecular formula is C25H27N7O6S. The van der Waals surface area contributed by atoms with Gasteiger partial charge in [-0.05, 0) is 30.7 Å². The maximum Gasteiger partial charge on any atom is 0.270 e. The predicted molar refractivity (Wildman–Crippen MR) is 144 cm³/mol. The van der Waals surface area contributed by atoms with Crippen LogP contribution < -0.4 is 24.2 Å². The van der Waals surface area contributed by atoms with E-state index >= 15 is 0 Å². The summed E-state index contributed by atoms with van der Waals surface area (Å²) < 4.78 is 53.3. The molecule has 0 aliphatic carbocycles. The number of fused-ring (bicyclic) bond motifs is 1. The Labute approximate surface area is 224 Å². The van der Waals surface area contributed by atoms with Crippen molar-refractivity contribution in [3.05, 3.63) is 48.3 Å². The van der Waals surface area contributed by atoms with Crippen molar-refractivity contribution in [3.63, 3.8) is 0 Å². The van der Waals surface area contributed by atoms with Gasteiger partial charge < -0.3 is 24.1 Å². The van der Waals surface area contributed by atoms with Gasteiger partial charge in [0.15, 0.2) is 16.3 Å². The van der Waals surface area contributed by atoms with Crippen LogP contribution in [0.5, 0.6) is 17.2 Å². The zero-order valence-electron chi connectivity index (χ0n) is 21.9. The fourth-order valence-corrected chi connectivity index (χ4v) is 5.42. The zero-order valence-corrected chi connectivity index (χ0v) is 22.7. The summed E-state index contributed by atoms with van der Waals surface area (Å²) in [6.07, 6.45) is 2.56. The minimum absolute atomic E-state index is 0.0254.